The van der Waals surface area contributed by atoms with Crippen molar-refractivity contribution in [2.24, 2.45) is 0 Å². The van der Waals surface area contributed by atoms with Crippen LogP contribution in [0, 0.1) is 5.82 Å². The third-order valence-electron chi connectivity index (χ3n) is 4.99. The van der Waals surface area contributed by atoms with Gasteiger partial charge in [0.2, 0.25) is 0 Å². The Morgan fingerprint density at radius 1 is 0.840 bits per heavy atom. The molecule has 2 aromatic rings. The van der Waals surface area contributed by atoms with Gasteiger partial charge in [0.25, 0.3) is 5.92 Å². The molecule has 2 aromatic carbocycles. The minimum atomic E-state index is -3.28. The predicted octanol–water partition coefficient (Wildman–Crippen LogP) is 4.27. The highest BCUT2D eigenvalue weighted by atomic mass is 19.3. The van der Waals surface area contributed by atoms with Crippen LogP contribution in [-0.4, -0.2) is 18.3 Å². The lowest BCUT2D eigenvalue weighted by atomic mass is 9.78. The molecule has 0 amide bonds. The second-order valence-electron chi connectivity index (χ2n) is 7.29. The van der Waals surface area contributed by atoms with E-state index in [4.69, 9.17) is 9.31 Å². The summed E-state index contributed by atoms with van der Waals surface area (Å²) in [5.41, 5.74) is -0.921. The summed E-state index contributed by atoms with van der Waals surface area (Å²) >= 11 is 0. The Kier molecular flexibility index (Phi) is 4.24. The van der Waals surface area contributed by atoms with Gasteiger partial charge >= 0.3 is 7.12 Å². The molecule has 0 aromatic heterocycles. The summed E-state index contributed by atoms with van der Waals surface area (Å²) in [6.07, 6.45) is 0. The van der Waals surface area contributed by atoms with Gasteiger partial charge in [-0.05, 0) is 45.3 Å². The fourth-order valence-corrected chi connectivity index (χ4v) is 2.68. The average Bonchev–Trinajstić information content (AvgIpc) is 2.75. The Balaban J connectivity index is 1.86. The lowest BCUT2D eigenvalue weighted by molar-refractivity contribution is 0.00578. The van der Waals surface area contributed by atoms with Crippen molar-refractivity contribution in [2.45, 2.75) is 44.8 Å². The van der Waals surface area contributed by atoms with Gasteiger partial charge in [-0.25, -0.2) is 4.39 Å². The third kappa shape index (κ3) is 3.21. The van der Waals surface area contributed by atoms with Crippen LogP contribution >= 0.6 is 0 Å². The molecule has 0 atom stereocenters. The standard InChI is InChI=1S/C19H20BF3O2/c1-17(2)18(3,4)25-20(24-17)15-10-8-13(9-11-15)19(22,23)14-6-5-7-16(21)12-14/h5-12H,1-4H3. The highest BCUT2D eigenvalue weighted by Gasteiger charge is 2.51. The molecule has 1 aliphatic rings. The van der Waals surface area contributed by atoms with Crippen LogP contribution in [0.2, 0.25) is 0 Å². The summed E-state index contributed by atoms with van der Waals surface area (Å²) in [6.45, 7) is 7.72. The van der Waals surface area contributed by atoms with Crippen LogP contribution in [0.15, 0.2) is 48.5 Å². The van der Waals surface area contributed by atoms with E-state index in [0.29, 0.717) is 5.46 Å². The van der Waals surface area contributed by atoms with Gasteiger partial charge in [-0.1, -0.05) is 36.4 Å². The molecule has 3 rings (SSSR count). The van der Waals surface area contributed by atoms with Gasteiger partial charge in [-0.3, -0.25) is 0 Å². The van der Waals surface area contributed by atoms with Crippen molar-refractivity contribution in [3.05, 3.63) is 65.5 Å². The number of hydrogen-bond acceptors (Lipinski definition) is 2. The quantitative estimate of drug-likeness (QED) is 0.772. The molecule has 6 heteroatoms. The first-order valence-corrected chi connectivity index (χ1v) is 8.13. The van der Waals surface area contributed by atoms with Gasteiger partial charge in [0.1, 0.15) is 5.82 Å². The van der Waals surface area contributed by atoms with E-state index in [1.54, 1.807) is 12.1 Å². The van der Waals surface area contributed by atoms with E-state index in [-0.39, 0.29) is 11.1 Å². The normalized spacial score (nSPS) is 19.2. The van der Waals surface area contributed by atoms with Crippen molar-refractivity contribution in [2.75, 3.05) is 0 Å². The number of halogens is 3. The van der Waals surface area contributed by atoms with Gasteiger partial charge in [-0.2, -0.15) is 8.78 Å². The zero-order valence-corrected chi connectivity index (χ0v) is 14.6. The first-order valence-electron chi connectivity index (χ1n) is 8.13. The third-order valence-corrected chi connectivity index (χ3v) is 4.99. The molecule has 25 heavy (non-hydrogen) atoms. The van der Waals surface area contributed by atoms with E-state index in [9.17, 15) is 13.2 Å². The van der Waals surface area contributed by atoms with E-state index < -0.39 is 30.1 Å². The van der Waals surface area contributed by atoms with Gasteiger partial charge in [0, 0.05) is 11.1 Å². The Hall–Kier alpha value is -1.79. The van der Waals surface area contributed by atoms with Crippen LogP contribution in [0.25, 0.3) is 0 Å². The van der Waals surface area contributed by atoms with Crippen molar-refractivity contribution in [1.82, 2.24) is 0 Å². The van der Waals surface area contributed by atoms with Crippen LogP contribution < -0.4 is 5.46 Å². The number of benzene rings is 2. The summed E-state index contributed by atoms with van der Waals surface area (Å²) < 4.78 is 54.3. The molecule has 0 saturated carbocycles. The molecule has 0 bridgehead atoms. The Morgan fingerprint density at radius 3 is 1.92 bits per heavy atom. The number of hydrogen-bond donors (Lipinski definition) is 0. The van der Waals surface area contributed by atoms with Crippen molar-refractivity contribution in [3.8, 4) is 0 Å². The zero-order valence-electron chi connectivity index (χ0n) is 14.6. The lowest BCUT2D eigenvalue weighted by Crippen LogP contribution is -2.41. The lowest BCUT2D eigenvalue weighted by Gasteiger charge is -2.32. The fourth-order valence-electron chi connectivity index (χ4n) is 2.68. The molecule has 1 aliphatic heterocycles. The first-order chi connectivity index (χ1) is 11.5. The summed E-state index contributed by atoms with van der Waals surface area (Å²) in [5, 5.41) is 0. The minimum Gasteiger partial charge on any atom is -0.399 e. The van der Waals surface area contributed by atoms with Crippen LogP contribution in [0.5, 0.6) is 0 Å². The molecule has 2 nitrogen and oxygen atoms in total. The van der Waals surface area contributed by atoms with Crippen molar-refractivity contribution in [3.63, 3.8) is 0 Å². The largest absolute Gasteiger partial charge is 0.494 e. The fraction of sp³-hybridized carbons (Fsp3) is 0.368. The van der Waals surface area contributed by atoms with E-state index >= 15 is 0 Å². The van der Waals surface area contributed by atoms with Crippen molar-refractivity contribution >= 4 is 12.6 Å². The van der Waals surface area contributed by atoms with E-state index in [1.165, 1.54) is 24.3 Å². The topological polar surface area (TPSA) is 18.5 Å². The molecule has 1 saturated heterocycles. The van der Waals surface area contributed by atoms with Crippen LogP contribution in [-0.2, 0) is 15.2 Å². The maximum Gasteiger partial charge on any atom is 0.494 e. The molecule has 0 unspecified atom stereocenters. The monoisotopic (exact) mass is 348 g/mol. The predicted molar refractivity (Wildman–Crippen MR) is 91.6 cm³/mol. The Labute approximate surface area is 146 Å². The van der Waals surface area contributed by atoms with Gasteiger partial charge < -0.3 is 9.31 Å². The maximum absolute atomic E-state index is 14.6. The summed E-state index contributed by atoms with van der Waals surface area (Å²) in [5.74, 6) is -3.97. The number of rotatable bonds is 3. The number of alkyl halides is 2. The van der Waals surface area contributed by atoms with Crippen LogP contribution in [0.4, 0.5) is 13.2 Å². The molecule has 132 valence electrons. The van der Waals surface area contributed by atoms with Gasteiger partial charge in [-0.15, -0.1) is 0 Å². The molecule has 0 N–H and O–H groups in total. The Bertz CT molecular complexity index is 756. The second kappa shape index (κ2) is 5.89. The van der Waals surface area contributed by atoms with E-state index in [0.717, 1.165) is 12.1 Å². The van der Waals surface area contributed by atoms with Crippen LogP contribution in [0.1, 0.15) is 38.8 Å². The maximum atomic E-state index is 14.6. The average molecular weight is 348 g/mol. The second-order valence-corrected chi connectivity index (χ2v) is 7.29. The molecule has 0 spiro atoms. The van der Waals surface area contributed by atoms with Gasteiger partial charge in [0.05, 0.1) is 11.2 Å². The molecular weight excluding hydrogens is 328 g/mol. The Morgan fingerprint density at radius 2 is 1.40 bits per heavy atom. The van der Waals surface area contributed by atoms with Gasteiger partial charge in [0.15, 0.2) is 0 Å². The van der Waals surface area contributed by atoms with E-state index in [1.807, 2.05) is 27.7 Å². The van der Waals surface area contributed by atoms with Crippen LogP contribution in [0.3, 0.4) is 0 Å². The first kappa shape index (κ1) is 18.0. The molecule has 0 radical (unpaired) electrons. The zero-order chi connectivity index (χ0) is 18.5. The summed E-state index contributed by atoms with van der Waals surface area (Å²) in [6, 6.07) is 10.2. The van der Waals surface area contributed by atoms with E-state index in [2.05, 4.69) is 0 Å². The molecule has 0 aliphatic carbocycles. The minimum absolute atomic E-state index is 0.210. The summed E-state index contributed by atoms with van der Waals surface area (Å²) in [4.78, 5) is 0. The van der Waals surface area contributed by atoms with Crippen molar-refractivity contribution < 1.29 is 22.5 Å². The molecule has 1 heterocycles. The van der Waals surface area contributed by atoms with Crippen molar-refractivity contribution in [1.29, 1.82) is 0 Å². The SMILES string of the molecule is CC1(C)OB(c2ccc(C(F)(F)c3cccc(F)c3)cc2)OC1(C)C. The summed E-state index contributed by atoms with van der Waals surface area (Å²) in [7, 11) is -0.609. The molecule has 1 fully saturated rings. The molecular formula is C19H20BF3O2. The highest BCUT2D eigenvalue weighted by Crippen LogP contribution is 2.38. The highest BCUT2D eigenvalue weighted by molar-refractivity contribution is 6.62. The smallest absolute Gasteiger partial charge is 0.399 e.